The molecular formula is C22H29IN4O4S. The Kier molecular flexibility index (Phi) is 7.90. The standard InChI is InChI=1S/C22H29IN4O4S/c1-22(2)14-11-17(22)16(7-5-3-4-6-8-21(28)29)20(12-14)26-32(30,31)15-9-10-19(25-27-24)18(23)13-15/h3,5,9-10,13-14,16-17,20,26H,4,6-8,11-12H2,1-2H3,(H,28,29). The van der Waals surface area contributed by atoms with Gasteiger partial charge < -0.3 is 5.11 Å². The van der Waals surface area contributed by atoms with Gasteiger partial charge in [0.1, 0.15) is 0 Å². The number of fused-ring (bicyclic) bond motifs is 2. The second-order valence-electron chi connectivity index (χ2n) is 9.28. The van der Waals surface area contributed by atoms with Crippen LogP contribution in [0.1, 0.15) is 52.4 Å². The predicted octanol–water partition coefficient (Wildman–Crippen LogP) is 5.76. The van der Waals surface area contributed by atoms with Crippen molar-refractivity contribution in [1.29, 1.82) is 0 Å². The fraction of sp³-hybridized carbons (Fsp3) is 0.591. The summed E-state index contributed by atoms with van der Waals surface area (Å²) in [5.41, 5.74) is 9.23. The number of carboxylic acid groups (broad SMARTS) is 1. The average Bonchev–Trinajstić information content (AvgIpc) is 2.72. The summed E-state index contributed by atoms with van der Waals surface area (Å²) in [5, 5.41) is 12.3. The van der Waals surface area contributed by atoms with Gasteiger partial charge in [-0.3, -0.25) is 4.79 Å². The molecule has 8 nitrogen and oxygen atoms in total. The van der Waals surface area contributed by atoms with Gasteiger partial charge in [-0.15, -0.1) is 0 Å². The Morgan fingerprint density at radius 1 is 1.38 bits per heavy atom. The fourth-order valence-electron chi connectivity index (χ4n) is 5.20. The lowest BCUT2D eigenvalue weighted by atomic mass is 9.44. The SMILES string of the molecule is CC1(C)C2CC(NS(=O)(=O)c3ccc(N=[N+]=[N-])c(I)c3)C(CC=CCCCC(=O)O)C1C2. The molecule has 4 unspecified atom stereocenters. The number of unbranched alkanes of at least 4 members (excludes halogenated alkanes) is 1. The zero-order valence-corrected chi connectivity index (χ0v) is 21.2. The molecule has 174 valence electrons. The van der Waals surface area contributed by atoms with E-state index in [4.69, 9.17) is 10.6 Å². The van der Waals surface area contributed by atoms with Crippen molar-refractivity contribution in [2.75, 3.05) is 0 Å². The van der Waals surface area contributed by atoms with Crippen LogP contribution in [-0.4, -0.2) is 25.5 Å². The first-order valence-electron chi connectivity index (χ1n) is 10.8. The van der Waals surface area contributed by atoms with Crippen molar-refractivity contribution in [1.82, 2.24) is 4.72 Å². The molecule has 3 saturated carbocycles. The van der Waals surface area contributed by atoms with E-state index in [1.165, 1.54) is 18.2 Å². The number of aliphatic carboxylic acids is 1. The molecule has 0 aromatic heterocycles. The third-order valence-corrected chi connectivity index (χ3v) is 9.49. The van der Waals surface area contributed by atoms with Gasteiger partial charge in [0.2, 0.25) is 10.0 Å². The number of benzene rings is 1. The molecule has 0 amide bonds. The van der Waals surface area contributed by atoms with Crippen LogP contribution in [-0.2, 0) is 14.8 Å². The molecule has 3 fully saturated rings. The van der Waals surface area contributed by atoms with Crippen molar-refractivity contribution in [3.63, 3.8) is 0 Å². The van der Waals surface area contributed by atoms with Crippen LogP contribution < -0.4 is 4.72 Å². The molecule has 0 heterocycles. The van der Waals surface area contributed by atoms with Crippen molar-refractivity contribution in [3.05, 3.63) is 44.4 Å². The summed E-state index contributed by atoms with van der Waals surface area (Å²) < 4.78 is 29.8. The summed E-state index contributed by atoms with van der Waals surface area (Å²) >= 11 is 1.97. The van der Waals surface area contributed by atoms with E-state index in [0.717, 1.165) is 19.3 Å². The number of carbonyl (C=O) groups is 1. The van der Waals surface area contributed by atoms with E-state index in [9.17, 15) is 13.2 Å². The van der Waals surface area contributed by atoms with Gasteiger partial charge in [0, 0.05) is 20.9 Å². The molecular weight excluding hydrogens is 543 g/mol. The first kappa shape index (κ1) is 25.0. The Bertz CT molecular complexity index is 1050. The number of sulfonamides is 1. The quantitative estimate of drug-likeness (QED) is 0.0921. The first-order chi connectivity index (χ1) is 15.1. The lowest BCUT2D eigenvalue weighted by molar-refractivity contribution is -0.137. The number of nitrogens with zero attached hydrogens (tertiary/aromatic N) is 3. The molecule has 10 heteroatoms. The van der Waals surface area contributed by atoms with Crippen molar-refractivity contribution in [2.45, 2.75) is 63.3 Å². The number of hydrogen-bond acceptors (Lipinski definition) is 4. The van der Waals surface area contributed by atoms with Gasteiger partial charge in [-0.2, -0.15) is 0 Å². The molecule has 4 atom stereocenters. The number of carboxylic acids is 1. The maximum absolute atomic E-state index is 13.1. The van der Waals surface area contributed by atoms with E-state index in [-0.39, 0.29) is 28.7 Å². The van der Waals surface area contributed by atoms with Crippen LogP contribution in [0.3, 0.4) is 0 Å². The molecule has 0 radical (unpaired) electrons. The van der Waals surface area contributed by atoms with Gasteiger partial charge in [0.15, 0.2) is 0 Å². The second kappa shape index (κ2) is 10.1. The van der Waals surface area contributed by atoms with Gasteiger partial charge in [0.25, 0.3) is 0 Å². The highest BCUT2D eigenvalue weighted by Gasteiger charge is 2.57. The smallest absolute Gasteiger partial charge is 0.303 e. The molecule has 3 aliphatic carbocycles. The van der Waals surface area contributed by atoms with E-state index < -0.39 is 16.0 Å². The Morgan fingerprint density at radius 2 is 2.12 bits per heavy atom. The van der Waals surface area contributed by atoms with Gasteiger partial charge in [-0.1, -0.05) is 37.2 Å². The molecule has 0 spiro atoms. The minimum Gasteiger partial charge on any atom is -0.481 e. The maximum Gasteiger partial charge on any atom is 0.303 e. The number of rotatable bonds is 10. The van der Waals surface area contributed by atoms with Crippen LogP contribution in [0, 0.1) is 26.7 Å². The number of allylic oxidation sites excluding steroid dienone is 2. The fourth-order valence-corrected chi connectivity index (χ4v) is 7.36. The summed E-state index contributed by atoms with van der Waals surface area (Å²) in [6.45, 7) is 4.55. The Morgan fingerprint density at radius 3 is 2.75 bits per heavy atom. The van der Waals surface area contributed by atoms with Crippen LogP contribution in [0.25, 0.3) is 10.4 Å². The van der Waals surface area contributed by atoms with Crippen LogP contribution in [0.5, 0.6) is 0 Å². The highest BCUT2D eigenvalue weighted by molar-refractivity contribution is 14.1. The van der Waals surface area contributed by atoms with Crippen LogP contribution >= 0.6 is 22.6 Å². The minimum absolute atomic E-state index is 0.144. The van der Waals surface area contributed by atoms with Gasteiger partial charge in [-0.25, -0.2) is 13.1 Å². The van der Waals surface area contributed by atoms with Crippen molar-refractivity contribution >= 4 is 44.3 Å². The average molecular weight is 572 g/mol. The third-order valence-electron chi connectivity index (χ3n) is 7.14. The zero-order chi connectivity index (χ0) is 23.5. The minimum atomic E-state index is -3.71. The van der Waals surface area contributed by atoms with E-state index in [2.05, 4.69) is 34.7 Å². The van der Waals surface area contributed by atoms with E-state index in [1.807, 2.05) is 28.7 Å². The molecule has 0 saturated heterocycles. The summed E-state index contributed by atoms with van der Waals surface area (Å²) in [5.74, 6) is 0.361. The lowest BCUT2D eigenvalue weighted by Crippen LogP contribution is -2.61. The molecule has 3 aliphatic rings. The largest absolute Gasteiger partial charge is 0.481 e. The molecule has 0 aliphatic heterocycles. The van der Waals surface area contributed by atoms with E-state index in [0.29, 0.717) is 33.9 Å². The Labute approximate surface area is 202 Å². The molecule has 1 aromatic carbocycles. The maximum atomic E-state index is 13.1. The summed E-state index contributed by atoms with van der Waals surface area (Å²) in [4.78, 5) is 13.6. The van der Waals surface area contributed by atoms with Gasteiger partial charge in [0.05, 0.1) is 10.6 Å². The van der Waals surface area contributed by atoms with Crippen molar-refractivity contribution in [3.8, 4) is 0 Å². The number of azide groups is 1. The highest BCUT2D eigenvalue weighted by atomic mass is 127. The van der Waals surface area contributed by atoms with Crippen LogP contribution in [0.2, 0.25) is 0 Å². The molecule has 2 N–H and O–H groups in total. The lowest BCUT2D eigenvalue weighted by Gasteiger charge is -2.62. The van der Waals surface area contributed by atoms with Crippen LogP contribution in [0.15, 0.2) is 40.4 Å². The number of nitrogens with one attached hydrogen (secondary N) is 1. The molecule has 4 rings (SSSR count). The normalized spacial score (nSPS) is 26.3. The van der Waals surface area contributed by atoms with E-state index in [1.54, 1.807) is 0 Å². The molecule has 32 heavy (non-hydrogen) atoms. The number of hydrogen-bond donors (Lipinski definition) is 2. The topological polar surface area (TPSA) is 132 Å². The number of halogens is 1. The first-order valence-corrected chi connectivity index (χ1v) is 13.4. The van der Waals surface area contributed by atoms with Crippen LogP contribution in [0.4, 0.5) is 5.69 Å². The monoisotopic (exact) mass is 572 g/mol. The Balaban J connectivity index is 1.73. The van der Waals surface area contributed by atoms with Crippen molar-refractivity contribution < 1.29 is 18.3 Å². The van der Waals surface area contributed by atoms with Crippen molar-refractivity contribution in [2.24, 2.45) is 28.3 Å². The summed E-state index contributed by atoms with van der Waals surface area (Å²) in [6.07, 6.45) is 8.29. The molecule has 1 aromatic rings. The summed E-state index contributed by atoms with van der Waals surface area (Å²) in [6, 6.07) is 4.38. The Hall–Kier alpha value is -1.62. The third kappa shape index (κ3) is 5.47. The van der Waals surface area contributed by atoms with E-state index >= 15 is 0 Å². The van der Waals surface area contributed by atoms with Gasteiger partial charge >= 0.3 is 5.97 Å². The highest BCUT2D eigenvalue weighted by Crippen LogP contribution is 2.62. The van der Waals surface area contributed by atoms with Gasteiger partial charge in [-0.05, 0) is 95.5 Å². The zero-order valence-electron chi connectivity index (χ0n) is 18.2. The summed E-state index contributed by atoms with van der Waals surface area (Å²) in [7, 11) is -3.71. The predicted molar refractivity (Wildman–Crippen MR) is 131 cm³/mol. The molecule has 2 bridgehead atoms. The second-order valence-corrected chi connectivity index (χ2v) is 12.2.